The van der Waals surface area contributed by atoms with E-state index in [0.29, 0.717) is 6.61 Å². The number of hydrogen-bond acceptors (Lipinski definition) is 4. The van der Waals surface area contributed by atoms with Crippen LogP contribution < -0.4 is 0 Å². The number of carboxylic acid groups (broad SMARTS) is 1. The Morgan fingerprint density at radius 3 is 2.23 bits per heavy atom. The SMILES string of the molecule is CCCCCCCCCCOC(=O)c1cccc(C(=O)O)n1. The molecule has 0 atom stereocenters. The summed E-state index contributed by atoms with van der Waals surface area (Å²) in [5, 5.41) is 8.83. The van der Waals surface area contributed by atoms with Gasteiger partial charge in [-0.1, -0.05) is 57.9 Å². The highest BCUT2D eigenvalue weighted by molar-refractivity contribution is 5.90. The highest BCUT2D eigenvalue weighted by atomic mass is 16.5. The molecule has 5 heteroatoms. The van der Waals surface area contributed by atoms with E-state index in [-0.39, 0.29) is 11.4 Å². The smallest absolute Gasteiger partial charge is 0.356 e. The molecule has 0 bridgehead atoms. The average Bonchev–Trinajstić information content (AvgIpc) is 2.53. The van der Waals surface area contributed by atoms with E-state index in [1.54, 1.807) is 0 Å². The van der Waals surface area contributed by atoms with Crippen molar-refractivity contribution in [3.05, 3.63) is 29.6 Å². The number of esters is 1. The summed E-state index contributed by atoms with van der Waals surface area (Å²) < 4.78 is 5.11. The van der Waals surface area contributed by atoms with Crippen molar-refractivity contribution in [3.63, 3.8) is 0 Å². The molecule has 1 N–H and O–H groups in total. The van der Waals surface area contributed by atoms with Gasteiger partial charge in [0.25, 0.3) is 0 Å². The first kappa shape index (κ1) is 18.1. The van der Waals surface area contributed by atoms with Crippen LogP contribution in [0, 0.1) is 0 Å². The summed E-state index contributed by atoms with van der Waals surface area (Å²) in [6.45, 7) is 2.56. The van der Waals surface area contributed by atoms with Crippen molar-refractivity contribution in [1.29, 1.82) is 0 Å². The van der Waals surface area contributed by atoms with Crippen LogP contribution in [0.15, 0.2) is 18.2 Å². The molecule has 0 aromatic carbocycles. The van der Waals surface area contributed by atoms with Gasteiger partial charge in [-0.3, -0.25) is 0 Å². The summed E-state index contributed by atoms with van der Waals surface area (Å²) in [7, 11) is 0. The molecule has 22 heavy (non-hydrogen) atoms. The fourth-order valence-electron chi connectivity index (χ4n) is 2.14. The zero-order valence-corrected chi connectivity index (χ0v) is 13.2. The lowest BCUT2D eigenvalue weighted by Gasteiger charge is -2.05. The number of aromatic nitrogens is 1. The normalized spacial score (nSPS) is 10.4. The number of aromatic carboxylic acids is 1. The summed E-state index contributed by atoms with van der Waals surface area (Å²) in [6, 6.07) is 4.30. The van der Waals surface area contributed by atoms with Crippen molar-refractivity contribution in [3.8, 4) is 0 Å². The van der Waals surface area contributed by atoms with Crippen LogP contribution >= 0.6 is 0 Å². The van der Waals surface area contributed by atoms with Crippen LogP contribution in [0.3, 0.4) is 0 Å². The molecule has 5 nitrogen and oxygen atoms in total. The van der Waals surface area contributed by atoms with Crippen molar-refractivity contribution in [2.45, 2.75) is 58.3 Å². The topological polar surface area (TPSA) is 76.5 Å². The molecule has 0 spiro atoms. The molecular weight excluding hydrogens is 282 g/mol. The molecule has 0 fully saturated rings. The molecule has 0 unspecified atom stereocenters. The molecular formula is C17H25NO4. The maximum atomic E-state index is 11.7. The standard InChI is InChI=1S/C17H25NO4/c1-2-3-4-5-6-7-8-9-13-22-17(21)15-12-10-11-14(18-15)16(19)20/h10-12H,2-9,13H2,1H3,(H,19,20). The minimum atomic E-state index is -1.15. The second kappa shape index (κ2) is 10.8. The molecule has 122 valence electrons. The molecule has 1 rings (SSSR count). The van der Waals surface area contributed by atoms with Gasteiger partial charge in [0.05, 0.1) is 6.61 Å². The minimum Gasteiger partial charge on any atom is -0.477 e. The van der Waals surface area contributed by atoms with Crippen LogP contribution in [0.5, 0.6) is 0 Å². The zero-order valence-electron chi connectivity index (χ0n) is 13.2. The minimum absolute atomic E-state index is 0.0412. The summed E-state index contributed by atoms with van der Waals surface area (Å²) in [5.41, 5.74) is -0.110. The quantitative estimate of drug-likeness (QED) is 0.492. The van der Waals surface area contributed by atoms with Crippen molar-refractivity contribution in [1.82, 2.24) is 4.98 Å². The van der Waals surface area contributed by atoms with Gasteiger partial charge in [-0.05, 0) is 18.6 Å². The zero-order chi connectivity index (χ0) is 16.2. The van der Waals surface area contributed by atoms with Gasteiger partial charge in [0, 0.05) is 0 Å². The Kier molecular flexibility index (Phi) is 8.88. The van der Waals surface area contributed by atoms with Gasteiger partial charge in [0.15, 0.2) is 0 Å². The van der Waals surface area contributed by atoms with Gasteiger partial charge in [0.1, 0.15) is 11.4 Å². The third kappa shape index (κ3) is 7.20. The first-order valence-corrected chi connectivity index (χ1v) is 8.02. The molecule has 1 heterocycles. The van der Waals surface area contributed by atoms with E-state index in [4.69, 9.17) is 9.84 Å². The van der Waals surface area contributed by atoms with Gasteiger partial charge in [-0.2, -0.15) is 0 Å². The van der Waals surface area contributed by atoms with Crippen LogP contribution in [-0.2, 0) is 4.74 Å². The highest BCUT2D eigenvalue weighted by Crippen LogP contribution is 2.09. The molecule has 0 aliphatic carbocycles. The third-order valence-corrected chi connectivity index (χ3v) is 3.41. The van der Waals surface area contributed by atoms with Gasteiger partial charge in [0.2, 0.25) is 0 Å². The first-order chi connectivity index (χ1) is 10.6. The second-order valence-electron chi connectivity index (χ2n) is 5.32. The lowest BCUT2D eigenvalue weighted by molar-refractivity contribution is 0.0490. The average molecular weight is 307 g/mol. The number of nitrogens with zero attached hydrogens (tertiary/aromatic N) is 1. The Hall–Kier alpha value is -1.91. The van der Waals surface area contributed by atoms with E-state index in [0.717, 1.165) is 19.3 Å². The molecule has 0 radical (unpaired) electrons. The maximum Gasteiger partial charge on any atom is 0.356 e. The third-order valence-electron chi connectivity index (χ3n) is 3.41. The summed E-state index contributed by atoms with van der Waals surface area (Å²) in [6.07, 6.45) is 9.41. The van der Waals surface area contributed by atoms with E-state index in [1.165, 1.54) is 50.3 Å². The number of hydrogen-bond donors (Lipinski definition) is 1. The van der Waals surface area contributed by atoms with E-state index >= 15 is 0 Å². The van der Waals surface area contributed by atoms with E-state index in [2.05, 4.69) is 11.9 Å². The van der Waals surface area contributed by atoms with Crippen LogP contribution in [0.4, 0.5) is 0 Å². The van der Waals surface area contributed by atoms with Crippen LogP contribution in [0.2, 0.25) is 0 Å². The van der Waals surface area contributed by atoms with E-state index in [9.17, 15) is 9.59 Å². The molecule has 0 aliphatic rings. The van der Waals surface area contributed by atoms with E-state index < -0.39 is 11.9 Å². The second-order valence-corrected chi connectivity index (χ2v) is 5.32. The van der Waals surface area contributed by atoms with Crippen LogP contribution in [0.1, 0.15) is 79.3 Å². The fourth-order valence-corrected chi connectivity index (χ4v) is 2.14. The van der Waals surface area contributed by atoms with Crippen molar-refractivity contribution in [2.75, 3.05) is 6.61 Å². The highest BCUT2D eigenvalue weighted by Gasteiger charge is 2.12. The first-order valence-electron chi connectivity index (χ1n) is 8.02. The number of carbonyl (C=O) groups excluding carboxylic acids is 1. The van der Waals surface area contributed by atoms with Gasteiger partial charge in [-0.15, -0.1) is 0 Å². The molecule has 1 aromatic rings. The summed E-state index contributed by atoms with van der Waals surface area (Å²) >= 11 is 0. The number of carboxylic acids is 1. The van der Waals surface area contributed by atoms with Crippen molar-refractivity contribution in [2.24, 2.45) is 0 Å². The Morgan fingerprint density at radius 2 is 1.59 bits per heavy atom. The Labute approximate surface area is 131 Å². The van der Waals surface area contributed by atoms with Crippen molar-refractivity contribution >= 4 is 11.9 Å². The Morgan fingerprint density at radius 1 is 1.00 bits per heavy atom. The summed E-state index contributed by atoms with van der Waals surface area (Å²) in [5.74, 6) is -1.72. The number of ether oxygens (including phenoxy) is 1. The predicted molar refractivity (Wildman–Crippen MR) is 84.1 cm³/mol. The van der Waals surface area contributed by atoms with Crippen LogP contribution in [0.25, 0.3) is 0 Å². The van der Waals surface area contributed by atoms with Crippen molar-refractivity contribution < 1.29 is 19.4 Å². The van der Waals surface area contributed by atoms with E-state index in [1.807, 2.05) is 0 Å². The molecule has 0 saturated heterocycles. The van der Waals surface area contributed by atoms with Gasteiger partial charge < -0.3 is 9.84 Å². The van der Waals surface area contributed by atoms with Gasteiger partial charge in [-0.25, -0.2) is 14.6 Å². The lowest BCUT2D eigenvalue weighted by atomic mass is 10.1. The number of unbranched alkanes of at least 4 members (excludes halogenated alkanes) is 7. The predicted octanol–water partition coefficient (Wildman–Crippen LogP) is 4.08. The number of rotatable bonds is 11. The maximum absolute atomic E-state index is 11.7. The van der Waals surface area contributed by atoms with Crippen LogP contribution in [-0.4, -0.2) is 28.6 Å². The van der Waals surface area contributed by atoms with Gasteiger partial charge >= 0.3 is 11.9 Å². The molecule has 0 saturated carbocycles. The monoisotopic (exact) mass is 307 g/mol. The lowest BCUT2D eigenvalue weighted by Crippen LogP contribution is -2.11. The Balaban J connectivity index is 2.16. The number of pyridine rings is 1. The Bertz CT molecular complexity index is 473. The molecule has 1 aromatic heterocycles. The fraction of sp³-hybridized carbons (Fsp3) is 0.588. The molecule has 0 aliphatic heterocycles. The number of carbonyl (C=O) groups is 2. The largest absolute Gasteiger partial charge is 0.477 e. The molecule has 0 amide bonds. The summed E-state index contributed by atoms with van der Waals surface area (Å²) in [4.78, 5) is 26.3.